The van der Waals surface area contributed by atoms with Crippen molar-refractivity contribution in [3.05, 3.63) is 51.0 Å². The van der Waals surface area contributed by atoms with Crippen LogP contribution in [0, 0.1) is 27.7 Å². The molecule has 2 heterocycles. The second kappa shape index (κ2) is 6.48. The molecule has 1 N–H and O–H groups in total. The molecule has 0 saturated carbocycles. The Morgan fingerprint density at radius 3 is 2.52 bits per heavy atom. The van der Waals surface area contributed by atoms with Gasteiger partial charge < -0.3 is 4.52 Å². The summed E-state index contributed by atoms with van der Waals surface area (Å²) in [6, 6.07) is 6.71. The molecule has 0 amide bonds. The van der Waals surface area contributed by atoms with Crippen molar-refractivity contribution in [1.82, 2.24) is 5.16 Å². The summed E-state index contributed by atoms with van der Waals surface area (Å²) in [6.45, 7) is 7.34. The average molecular weight is 397 g/mol. The summed E-state index contributed by atoms with van der Waals surface area (Å²) in [5.74, 6) is 0.603. The monoisotopic (exact) mass is 396 g/mol. The van der Waals surface area contributed by atoms with Crippen molar-refractivity contribution >= 4 is 38.6 Å². The minimum absolute atomic E-state index is 0.223. The number of halogens is 1. The van der Waals surface area contributed by atoms with Crippen LogP contribution in [0.2, 0.25) is 5.02 Å². The lowest BCUT2D eigenvalue weighted by atomic mass is 10.2. The van der Waals surface area contributed by atoms with Gasteiger partial charge >= 0.3 is 0 Å². The smallest absolute Gasteiger partial charge is 0.263 e. The second-order valence-electron chi connectivity index (χ2n) is 5.82. The number of nitrogens with one attached hydrogen (secondary N) is 1. The first-order chi connectivity index (χ1) is 11.7. The summed E-state index contributed by atoms with van der Waals surface area (Å²) < 4.78 is 33.6. The van der Waals surface area contributed by atoms with Crippen LogP contribution in [0.5, 0.6) is 0 Å². The van der Waals surface area contributed by atoms with Gasteiger partial charge in [0.15, 0.2) is 5.76 Å². The Morgan fingerprint density at radius 2 is 1.88 bits per heavy atom. The van der Waals surface area contributed by atoms with Gasteiger partial charge in [-0.15, -0.1) is 11.3 Å². The van der Waals surface area contributed by atoms with E-state index in [-0.39, 0.29) is 4.90 Å². The molecule has 0 fully saturated rings. The van der Waals surface area contributed by atoms with Gasteiger partial charge in [-0.25, -0.2) is 8.42 Å². The molecule has 3 rings (SSSR count). The lowest BCUT2D eigenvalue weighted by Gasteiger charge is -2.10. The first-order valence-corrected chi connectivity index (χ1v) is 10.2. The zero-order valence-corrected chi connectivity index (χ0v) is 16.6. The van der Waals surface area contributed by atoms with Crippen molar-refractivity contribution in [2.75, 3.05) is 4.72 Å². The first-order valence-electron chi connectivity index (χ1n) is 7.51. The molecule has 0 unspecified atom stereocenters. The van der Waals surface area contributed by atoms with Gasteiger partial charge in [0.25, 0.3) is 10.0 Å². The summed E-state index contributed by atoms with van der Waals surface area (Å²) in [6.07, 6.45) is 0. The van der Waals surface area contributed by atoms with Gasteiger partial charge in [0, 0.05) is 15.5 Å². The van der Waals surface area contributed by atoms with E-state index in [1.54, 1.807) is 31.2 Å². The number of anilines is 1. The van der Waals surface area contributed by atoms with Crippen molar-refractivity contribution < 1.29 is 12.9 Å². The number of benzene rings is 1. The van der Waals surface area contributed by atoms with E-state index in [1.165, 1.54) is 11.3 Å². The molecule has 1 aromatic carbocycles. The van der Waals surface area contributed by atoms with E-state index in [9.17, 15) is 8.42 Å². The van der Waals surface area contributed by atoms with Gasteiger partial charge in [-0.3, -0.25) is 4.72 Å². The number of nitrogens with zero attached hydrogens (tertiary/aromatic N) is 1. The van der Waals surface area contributed by atoms with E-state index in [1.807, 2.05) is 20.8 Å². The zero-order valence-electron chi connectivity index (χ0n) is 14.2. The van der Waals surface area contributed by atoms with Gasteiger partial charge in [0.2, 0.25) is 0 Å². The SMILES string of the molecule is Cc1ccc(Cl)cc1NS(=O)(=O)c1cc(-c2onc(C)c2C)sc1C. The Labute approximate surface area is 155 Å². The van der Waals surface area contributed by atoms with Crippen molar-refractivity contribution in [3.8, 4) is 10.6 Å². The largest absolute Gasteiger partial charge is 0.355 e. The Hall–Kier alpha value is -1.83. The Bertz CT molecular complexity index is 1050. The molecule has 0 spiro atoms. The number of thiophene rings is 1. The second-order valence-corrected chi connectivity index (χ2v) is 9.16. The standard InChI is InChI=1S/C17H17ClN2O3S2/c1-9-5-6-13(18)7-14(9)20-25(21,22)16-8-15(24-12(16)4)17-10(2)11(3)19-23-17/h5-8,20H,1-4H3. The van der Waals surface area contributed by atoms with Crippen LogP contribution in [-0.4, -0.2) is 13.6 Å². The van der Waals surface area contributed by atoms with Gasteiger partial charge in [0.05, 0.1) is 16.3 Å². The third-order valence-electron chi connectivity index (χ3n) is 3.99. The average Bonchev–Trinajstić information content (AvgIpc) is 3.07. The Kier molecular flexibility index (Phi) is 4.66. The zero-order chi connectivity index (χ0) is 18.4. The van der Waals surface area contributed by atoms with E-state index < -0.39 is 10.0 Å². The molecule has 0 aliphatic carbocycles. The van der Waals surface area contributed by atoms with E-state index in [4.69, 9.17) is 16.1 Å². The lowest BCUT2D eigenvalue weighted by molar-refractivity contribution is 0.427. The van der Waals surface area contributed by atoms with E-state index in [0.29, 0.717) is 21.3 Å². The van der Waals surface area contributed by atoms with Crippen LogP contribution in [0.1, 0.15) is 21.7 Å². The molecule has 8 heteroatoms. The molecule has 0 bridgehead atoms. The van der Waals surface area contributed by atoms with Crippen molar-refractivity contribution in [1.29, 1.82) is 0 Å². The topological polar surface area (TPSA) is 72.2 Å². The fourth-order valence-corrected chi connectivity index (χ4v) is 5.31. The van der Waals surface area contributed by atoms with Gasteiger partial charge in [-0.1, -0.05) is 22.8 Å². The molecule has 0 aliphatic rings. The normalized spacial score (nSPS) is 11.7. The molecule has 5 nitrogen and oxygen atoms in total. The molecule has 0 atom stereocenters. The highest BCUT2D eigenvalue weighted by Gasteiger charge is 2.23. The third kappa shape index (κ3) is 3.44. The van der Waals surface area contributed by atoms with Crippen LogP contribution < -0.4 is 4.72 Å². The highest BCUT2D eigenvalue weighted by molar-refractivity contribution is 7.93. The minimum atomic E-state index is -3.74. The predicted octanol–water partition coefficient (Wildman–Crippen LogP) is 5.09. The number of aromatic nitrogens is 1. The van der Waals surface area contributed by atoms with E-state index in [2.05, 4.69) is 9.88 Å². The van der Waals surface area contributed by atoms with Crippen molar-refractivity contribution in [2.45, 2.75) is 32.6 Å². The van der Waals surface area contributed by atoms with E-state index >= 15 is 0 Å². The van der Waals surface area contributed by atoms with Crippen molar-refractivity contribution in [2.24, 2.45) is 0 Å². The van der Waals surface area contributed by atoms with Gasteiger partial charge in [-0.05, 0) is 51.5 Å². The number of hydrogen-bond acceptors (Lipinski definition) is 5. The minimum Gasteiger partial charge on any atom is -0.355 e. The molecule has 132 valence electrons. The summed E-state index contributed by atoms with van der Waals surface area (Å²) in [5, 5.41) is 4.41. The molecule has 25 heavy (non-hydrogen) atoms. The molecule has 3 aromatic rings. The third-order valence-corrected chi connectivity index (χ3v) is 6.89. The quantitative estimate of drug-likeness (QED) is 0.666. The Morgan fingerprint density at radius 1 is 1.16 bits per heavy atom. The van der Waals surface area contributed by atoms with Crippen LogP contribution in [0.25, 0.3) is 10.6 Å². The van der Waals surface area contributed by atoms with Crippen LogP contribution in [0.4, 0.5) is 5.69 Å². The molecule has 0 aliphatic heterocycles. The molecular weight excluding hydrogens is 380 g/mol. The maximum Gasteiger partial charge on any atom is 0.263 e. The fourth-order valence-electron chi connectivity index (χ4n) is 2.39. The molecule has 2 aromatic heterocycles. The van der Waals surface area contributed by atoms with Gasteiger partial charge in [-0.2, -0.15) is 0 Å². The summed E-state index contributed by atoms with van der Waals surface area (Å²) in [5.41, 5.74) is 2.95. The molecule has 0 radical (unpaired) electrons. The Balaban J connectivity index is 2.01. The maximum atomic E-state index is 12.8. The van der Waals surface area contributed by atoms with E-state index in [0.717, 1.165) is 21.7 Å². The first kappa shape index (κ1) is 18.0. The van der Waals surface area contributed by atoms with Crippen LogP contribution in [0.15, 0.2) is 33.7 Å². The van der Waals surface area contributed by atoms with Crippen LogP contribution in [0.3, 0.4) is 0 Å². The summed E-state index contributed by atoms with van der Waals surface area (Å²) in [4.78, 5) is 1.63. The molecule has 0 saturated heterocycles. The number of sulfonamides is 1. The molecular formula is C17H17ClN2O3S2. The number of hydrogen-bond donors (Lipinski definition) is 1. The highest BCUT2D eigenvalue weighted by atomic mass is 35.5. The summed E-state index contributed by atoms with van der Waals surface area (Å²) in [7, 11) is -3.74. The van der Waals surface area contributed by atoms with Crippen molar-refractivity contribution in [3.63, 3.8) is 0 Å². The van der Waals surface area contributed by atoms with Crippen LogP contribution >= 0.6 is 22.9 Å². The van der Waals surface area contributed by atoms with Crippen LogP contribution in [-0.2, 0) is 10.0 Å². The highest BCUT2D eigenvalue weighted by Crippen LogP contribution is 2.36. The summed E-state index contributed by atoms with van der Waals surface area (Å²) >= 11 is 7.34. The number of aryl methyl sites for hydroxylation is 3. The van der Waals surface area contributed by atoms with Gasteiger partial charge in [0.1, 0.15) is 4.90 Å². The lowest BCUT2D eigenvalue weighted by Crippen LogP contribution is -2.13. The fraction of sp³-hybridized carbons (Fsp3) is 0.235. The predicted molar refractivity (Wildman–Crippen MR) is 101 cm³/mol. The number of rotatable bonds is 4. The maximum absolute atomic E-state index is 12.8.